The highest BCUT2D eigenvalue weighted by Gasteiger charge is 2.33. The number of alkyl halides is 3. The molecule has 5 nitrogen and oxygen atoms in total. The first-order valence-corrected chi connectivity index (χ1v) is 8.50. The van der Waals surface area contributed by atoms with E-state index in [9.17, 15) is 28.1 Å². The van der Waals surface area contributed by atoms with Crippen molar-refractivity contribution in [1.82, 2.24) is 5.32 Å². The summed E-state index contributed by atoms with van der Waals surface area (Å²) in [5.74, 6) is -0.524. The van der Waals surface area contributed by atoms with E-state index in [0.29, 0.717) is 6.07 Å². The summed E-state index contributed by atoms with van der Waals surface area (Å²) in [6, 6.07) is 11.2. The molecule has 2 rings (SSSR count). The lowest BCUT2D eigenvalue weighted by Crippen LogP contribution is -2.28. The molecule has 26 heavy (non-hydrogen) atoms. The van der Waals surface area contributed by atoms with Crippen LogP contribution < -0.4 is 5.32 Å². The van der Waals surface area contributed by atoms with E-state index in [1.165, 1.54) is 0 Å². The van der Waals surface area contributed by atoms with Crippen LogP contribution in [0, 0.1) is 10.1 Å². The summed E-state index contributed by atoms with van der Waals surface area (Å²) in [7, 11) is 0. The summed E-state index contributed by atoms with van der Waals surface area (Å²) in [6.45, 7) is 1.79. The molecule has 0 saturated carbocycles. The van der Waals surface area contributed by atoms with Gasteiger partial charge in [-0.15, -0.1) is 11.8 Å². The number of hydrogen-bond acceptors (Lipinski definition) is 4. The molecule has 2 aromatic carbocycles. The Morgan fingerprint density at radius 3 is 2.46 bits per heavy atom. The first-order chi connectivity index (χ1) is 12.2. The molecular formula is C17H15F3N2O3S. The number of carbonyl (C=O) groups is 1. The molecule has 0 heterocycles. The Balaban J connectivity index is 2.04. The first-order valence-electron chi connectivity index (χ1n) is 7.51. The van der Waals surface area contributed by atoms with Gasteiger partial charge in [0.1, 0.15) is 0 Å². The highest BCUT2D eigenvalue weighted by Crippen LogP contribution is 2.36. The maximum Gasteiger partial charge on any atom is 0.416 e. The van der Waals surface area contributed by atoms with Crippen LogP contribution in [-0.2, 0) is 11.0 Å². The first kappa shape index (κ1) is 19.8. The van der Waals surface area contributed by atoms with Crippen LogP contribution in [0.1, 0.15) is 24.1 Å². The van der Waals surface area contributed by atoms with Gasteiger partial charge in [0.2, 0.25) is 5.91 Å². The van der Waals surface area contributed by atoms with Crippen LogP contribution in [0.5, 0.6) is 0 Å². The quantitative estimate of drug-likeness (QED) is 0.449. The van der Waals surface area contributed by atoms with E-state index in [-0.39, 0.29) is 22.6 Å². The van der Waals surface area contributed by atoms with Gasteiger partial charge in [0.05, 0.1) is 27.2 Å². The van der Waals surface area contributed by atoms with Crippen molar-refractivity contribution in [2.75, 3.05) is 5.75 Å². The smallest absolute Gasteiger partial charge is 0.349 e. The lowest BCUT2D eigenvalue weighted by atomic mass is 10.1. The summed E-state index contributed by atoms with van der Waals surface area (Å²) >= 11 is 0.819. The van der Waals surface area contributed by atoms with Gasteiger partial charge < -0.3 is 5.32 Å². The van der Waals surface area contributed by atoms with Crippen molar-refractivity contribution in [3.05, 3.63) is 69.8 Å². The Kier molecular flexibility index (Phi) is 6.25. The second kappa shape index (κ2) is 8.22. The van der Waals surface area contributed by atoms with Gasteiger partial charge in [-0.25, -0.2) is 0 Å². The van der Waals surface area contributed by atoms with E-state index >= 15 is 0 Å². The van der Waals surface area contributed by atoms with Crippen molar-refractivity contribution in [2.45, 2.75) is 24.0 Å². The Morgan fingerprint density at radius 2 is 1.88 bits per heavy atom. The fourth-order valence-electron chi connectivity index (χ4n) is 2.21. The molecule has 1 amide bonds. The fraction of sp³-hybridized carbons (Fsp3) is 0.235. The van der Waals surface area contributed by atoms with Crippen LogP contribution in [0.2, 0.25) is 0 Å². The number of thioether (sulfide) groups is 1. The van der Waals surface area contributed by atoms with Crippen molar-refractivity contribution in [1.29, 1.82) is 0 Å². The summed E-state index contributed by atoms with van der Waals surface area (Å²) < 4.78 is 38.1. The van der Waals surface area contributed by atoms with Crippen molar-refractivity contribution in [3.63, 3.8) is 0 Å². The molecule has 0 spiro atoms. The zero-order chi connectivity index (χ0) is 19.3. The summed E-state index contributed by atoms with van der Waals surface area (Å²) in [5.41, 5.74) is -0.879. The van der Waals surface area contributed by atoms with Gasteiger partial charge in [0.15, 0.2) is 0 Å². The number of nitrogens with zero attached hydrogens (tertiary/aromatic N) is 1. The number of amides is 1. The highest BCUT2D eigenvalue weighted by molar-refractivity contribution is 8.00. The topological polar surface area (TPSA) is 72.2 Å². The predicted octanol–water partition coefficient (Wildman–Crippen LogP) is 4.58. The van der Waals surface area contributed by atoms with Crippen molar-refractivity contribution in [2.24, 2.45) is 0 Å². The Bertz CT molecular complexity index is 798. The largest absolute Gasteiger partial charge is 0.416 e. The maximum absolute atomic E-state index is 12.7. The van der Waals surface area contributed by atoms with Gasteiger partial charge in [0, 0.05) is 6.07 Å². The number of benzene rings is 2. The van der Waals surface area contributed by atoms with Crippen molar-refractivity contribution < 1.29 is 22.9 Å². The van der Waals surface area contributed by atoms with Crippen LogP contribution in [-0.4, -0.2) is 16.6 Å². The molecule has 0 saturated heterocycles. The van der Waals surface area contributed by atoms with Crippen LogP contribution >= 0.6 is 11.8 Å². The molecule has 0 fully saturated rings. The zero-order valence-electron chi connectivity index (χ0n) is 13.6. The number of carbonyl (C=O) groups excluding carboxylic acids is 1. The molecule has 9 heteroatoms. The average molecular weight is 384 g/mol. The molecule has 0 aliphatic rings. The third kappa shape index (κ3) is 5.22. The highest BCUT2D eigenvalue weighted by atomic mass is 32.2. The van der Waals surface area contributed by atoms with Gasteiger partial charge in [-0.2, -0.15) is 13.2 Å². The molecule has 0 aliphatic carbocycles. The van der Waals surface area contributed by atoms with E-state index in [4.69, 9.17) is 0 Å². The molecule has 138 valence electrons. The summed E-state index contributed by atoms with van der Waals surface area (Å²) in [6.07, 6.45) is -4.67. The minimum atomic E-state index is -4.67. The predicted molar refractivity (Wildman–Crippen MR) is 91.8 cm³/mol. The maximum atomic E-state index is 12.7. The Hall–Kier alpha value is -2.55. The average Bonchev–Trinajstić information content (AvgIpc) is 2.59. The second-order valence-corrected chi connectivity index (χ2v) is 6.44. The van der Waals surface area contributed by atoms with Gasteiger partial charge in [-0.05, 0) is 24.6 Å². The van der Waals surface area contributed by atoms with Gasteiger partial charge in [0.25, 0.3) is 5.69 Å². The van der Waals surface area contributed by atoms with E-state index in [1.807, 2.05) is 30.3 Å². The number of halogens is 3. The molecular weight excluding hydrogens is 369 g/mol. The fourth-order valence-corrected chi connectivity index (χ4v) is 3.03. The lowest BCUT2D eigenvalue weighted by molar-refractivity contribution is -0.388. The number of rotatable bonds is 6. The zero-order valence-corrected chi connectivity index (χ0v) is 14.4. The summed E-state index contributed by atoms with van der Waals surface area (Å²) in [4.78, 5) is 22.2. The van der Waals surface area contributed by atoms with Crippen LogP contribution in [0.4, 0.5) is 18.9 Å². The van der Waals surface area contributed by atoms with Crippen LogP contribution in [0.3, 0.4) is 0 Å². The van der Waals surface area contributed by atoms with E-state index in [1.54, 1.807) is 6.92 Å². The van der Waals surface area contributed by atoms with Crippen molar-refractivity contribution >= 4 is 23.4 Å². The molecule has 0 aromatic heterocycles. The normalized spacial score (nSPS) is 12.5. The molecule has 0 bridgehead atoms. The lowest BCUT2D eigenvalue weighted by Gasteiger charge is -2.14. The minimum Gasteiger partial charge on any atom is -0.349 e. The second-order valence-electron chi connectivity index (χ2n) is 5.43. The molecule has 2 aromatic rings. The van der Waals surface area contributed by atoms with Crippen molar-refractivity contribution in [3.8, 4) is 0 Å². The minimum absolute atomic E-state index is 0.00511. The monoisotopic (exact) mass is 384 g/mol. The van der Waals surface area contributed by atoms with Crippen LogP contribution in [0.25, 0.3) is 0 Å². The summed E-state index contributed by atoms with van der Waals surface area (Å²) in [5, 5.41) is 13.8. The molecule has 1 unspecified atom stereocenters. The third-order valence-corrected chi connectivity index (χ3v) is 4.58. The van der Waals surface area contributed by atoms with Gasteiger partial charge in [-0.3, -0.25) is 14.9 Å². The van der Waals surface area contributed by atoms with E-state index in [0.717, 1.165) is 29.5 Å². The number of nitrogens with one attached hydrogen (secondary N) is 1. The Morgan fingerprint density at radius 1 is 1.23 bits per heavy atom. The van der Waals surface area contributed by atoms with Gasteiger partial charge >= 0.3 is 6.18 Å². The van der Waals surface area contributed by atoms with E-state index in [2.05, 4.69) is 5.32 Å². The number of nitro benzene ring substituents is 1. The van der Waals surface area contributed by atoms with Gasteiger partial charge in [-0.1, -0.05) is 30.3 Å². The number of nitro groups is 1. The number of hydrogen-bond donors (Lipinski definition) is 1. The third-order valence-electron chi connectivity index (χ3n) is 3.52. The SMILES string of the molecule is CC(NC(=O)CSc1ccc(C(F)(F)F)cc1[N+](=O)[O-])c1ccccc1. The molecule has 0 radical (unpaired) electrons. The molecule has 0 aliphatic heterocycles. The molecule has 1 atom stereocenters. The standard InChI is InChI=1S/C17H15F3N2O3S/c1-11(12-5-3-2-4-6-12)21-16(23)10-26-15-8-7-13(17(18,19)20)9-14(15)22(24)25/h2-9,11H,10H2,1H3,(H,21,23). The Labute approximate surface area is 151 Å². The van der Waals surface area contributed by atoms with Crippen LogP contribution in [0.15, 0.2) is 53.4 Å². The molecule has 1 N–H and O–H groups in total. The van der Waals surface area contributed by atoms with E-state index < -0.39 is 22.4 Å².